The van der Waals surface area contributed by atoms with Crippen LogP contribution >= 0.6 is 0 Å². The molecule has 0 bridgehead atoms. The Morgan fingerprint density at radius 3 is 1.44 bits per heavy atom. The molecule has 0 amide bonds. The molecule has 54 heavy (non-hydrogen) atoms. The summed E-state index contributed by atoms with van der Waals surface area (Å²) in [6, 6.07) is 63.0. The summed E-state index contributed by atoms with van der Waals surface area (Å²) in [6.45, 7) is 4.67. The maximum Gasteiger partial charge on any atom is 0.143 e. The van der Waals surface area contributed by atoms with E-state index >= 15 is 0 Å². The molecule has 0 N–H and O–H groups in total. The van der Waals surface area contributed by atoms with E-state index in [1.807, 2.05) is 24.3 Å². The average molecular weight is 694 g/mol. The summed E-state index contributed by atoms with van der Waals surface area (Å²) in [5.41, 5.74) is 16.4. The second-order valence-corrected chi connectivity index (χ2v) is 14.9. The summed E-state index contributed by atoms with van der Waals surface area (Å²) >= 11 is 0. The highest BCUT2D eigenvalue weighted by Gasteiger charge is 2.35. The minimum Gasteiger partial charge on any atom is -0.455 e. The maximum absolute atomic E-state index is 6.51. The third kappa shape index (κ3) is 4.55. The lowest BCUT2D eigenvalue weighted by Crippen LogP contribution is -2.15. The van der Waals surface area contributed by atoms with Crippen molar-refractivity contribution >= 4 is 60.9 Å². The minimum absolute atomic E-state index is 0.0777. The molecule has 3 nitrogen and oxygen atoms in total. The third-order valence-electron chi connectivity index (χ3n) is 11.5. The quantitative estimate of drug-likeness (QED) is 0.180. The predicted octanol–water partition coefficient (Wildman–Crippen LogP) is 14.6. The number of rotatable bonds is 5. The van der Waals surface area contributed by atoms with Gasteiger partial charge >= 0.3 is 0 Å². The van der Waals surface area contributed by atoms with Crippen molar-refractivity contribution in [1.82, 2.24) is 0 Å². The Morgan fingerprint density at radius 2 is 0.833 bits per heavy atom. The molecular formula is C51H35NO2. The maximum atomic E-state index is 6.51. The lowest BCUT2D eigenvalue weighted by atomic mass is 9.82. The van der Waals surface area contributed by atoms with Gasteiger partial charge in [-0.1, -0.05) is 141 Å². The Hall–Kier alpha value is -6.84. The van der Waals surface area contributed by atoms with E-state index < -0.39 is 0 Å². The Morgan fingerprint density at radius 1 is 0.370 bits per heavy atom. The van der Waals surface area contributed by atoms with Crippen molar-refractivity contribution in [3.8, 4) is 33.4 Å². The normalized spacial score (nSPS) is 13.1. The van der Waals surface area contributed by atoms with Crippen molar-refractivity contribution in [1.29, 1.82) is 0 Å². The first kappa shape index (κ1) is 30.8. The molecule has 8 aromatic carbocycles. The van der Waals surface area contributed by atoms with Crippen molar-refractivity contribution in [3.05, 3.63) is 187 Å². The van der Waals surface area contributed by atoms with Gasteiger partial charge in [0.15, 0.2) is 0 Å². The molecule has 0 saturated heterocycles. The van der Waals surface area contributed by atoms with E-state index in [0.29, 0.717) is 0 Å². The van der Waals surface area contributed by atoms with Crippen molar-refractivity contribution in [3.63, 3.8) is 0 Å². The van der Waals surface area contributed by atoms with Crippen LogP contribution in [0, 0.1) is 0 Å². The number of para-hydroxylation sites is 4. The number of fused-ring (bicyclic) bond motifs is 9. The Bertz CT molecular complexity index is 2950. The fourth-order valence-corrected chi connectivity index (χ4v) is 8.87. The second-order valence-electron chi connectivity index (χ2n) is 14.9. The highest BCUT2D eigenvalue weighted by atomic mass is 16.3. The van der Waals surface area contributed by atoms with Gasteiger partial charge in [-0.05, 0) is 81.9 Å². The molecule has 2 heterocycles. The van der Waals surface area contributed by atoms with Gasteiger partial charge in [0.25, 0.3) is 0 Å². The zero-order valence-electron chi connectivity index (χ0n) is 30.0. The van der Waals surface area contributed by atoms with Gasteiger partial charge in [0, 0.05) is 55.1 Å². The van der Waals surface area contributed by atoms with Gasteiger partial charge in [0.1, 0.15) is 22.3 Å². The predicted molar refractivity (Wildman–Crippen MR) is 224 cm³/mol. The summed E-state index contributed by atoms with van der Waals surface area (Å²) in [7, 11) is 0. The number of benzene rings is 8. The first-order chi connectivity index (χ1) is 26.5. The lowest BCUT2D eigenvalue weighted by Gasteiger charge is -2.28. The number of hydrogen-bond acceptors (Lipinski definition) is 3. The van der Waals surface area contributed by atoms with E-state index in [4.69, 9.17) is 8.83 Å². The zero-order chi connectivity index (χ0) is 36.0. The van der Waals surface area contributed by atoms with E-state index in [2.05, 4.69) is 170 Å². The fraction of sp³-hybridized carbons (Fsp3) is 0.0588. The molecule has 0 radical (unpaired) electrons. The Balaban J connectivity index is 1.11. The van der Waals surface area contributed by atoms with Crippen LogP contribution < -0.4 is 4.90 Å². The van der Waals surface area contributed by atoms with Gasteiger partial charge in [0.2, 0.25) is 0 Å². The van der Waals surface area contributed by atoms with Crippen molar-refractivity contribution in [2.24, 2.45) is 0 Å². The molecule has 0 aliphatic heterocycles. The summed E-state index contributed by atoms with van der Waals surface area (Å²) < 4.78 is 13.0. The van der Waals surface area contributed by atoms with Crippen molar-refractivity contribution in [2.45, 2.75) is 19.3 Å². The Kier molecular flexibility index (Phi) is 6.60. The van der Waals surface area contributed by atoms with E-state index in [1.54, 1.807) is 0 Å². The fourth-order valence-electron chi connectivity index (χ4n) is 8.87. The molecule has 1 aliphatic rings. The van der Waals surface area contributed by atoms with Crippen LogP contribution in [0.4, 0.5) is 17.1 Å². The monoisotopic (exact) mass is 693 g/mol. The van der Waals surface area contributed by atoms with Gasteiger partial charge in [-0.25, -0.2) is 0 Å². The van der Waals surface area contributed by atoms with Gasteiger partial charge in [-0.15, -0.1) is 0 Å². The van der Waals surface area contributed by atoms with E-state index in [-0.39, 0.29) is 5.41 Å². The first-order valence-electron chi connectivity index (χ1n) is 18.6. The topological polar surface area (TPSA) is 29.5 Å². The largest absolute Gasteiger partial charge is 0.455 e. The zero-order valence-corrected chi connectivity index (χ0v) is 30.0. The molecule has 10 aromatic rings. The van der Waals surface area contributed by atoms with Gasteiger partial charge < -0.3 is 13.7 Å². The smallest absolute Gasteiger partial charge is 0.143 e. The number of furan rings is 2. The van der Waals surface area contributed by atoms with E-state index in [1.165, 1.54) is 22.3 Å². The van der Waals surface area contributed by atoms with E-state index in [9.17, 15) is 0 Å². The number of nitrogens with zero attached hydrogens (tertiary/aromatic N) is 1. The minimum atomic E-state index is -0.0777. The molecule has 0 unspecified atom stereocenters. The molecule has 0 spiro atoms. The summed E-state index contributed by atoms with van der Waals surface area (Å²) in [6.07, 6.45) is 0. The molecular weight excluding hydrogens is 659 g/mol. The van der Waals surface area contributed by atoms with Gasteiger partial charge in [0.05, 0.1) is 0 Å². The standard InChI is InChI=1S/C51H35NO2/c1-51(2)45-24-6-3-17-39(45)44-31-36(27-28-46(44)51)52(34-15-9-13-32(29-34)37-20-11-22-42-40-18-4-7-25-47(40)53-49(37)42)35-16-10-14-33(30-35)38-21-12-23-43-41-19-5-8-26-48(41)54-50(38)43/h3-31H,1-2H3. The third-order valence-corrected chi connectivity index (χ3v) is 11.5. The second kappa shape index (κ2) is 11.6. The molecule has 1 aliphatic carbocycles. The van der Waals surface area contributed by atoms with Crippen LogP contribution in [0.5, 0.6) is 0 Å². The summed E-state index contributed by atoms with van der Waals surface area (Å²) in [5, 5.41) is 4.50. The highest BCUT2D eigenvalue weighted by Crippen LogP contribution is 2.51. The van der Waals surface area contributed by atoms with Crippen molar-refractivity contribution < 1.29 is 8.83 Å². The van der Waals surface area contributed by atoms with Crippen molar-refractivity contribution in [2.75, 3.05) is 4.90 Å². The van der Waals surface area contributed by atoms with Crippen LogP contribution in [0.25, 0.3) is 77.3 Å². The molecule has 3 heteroatoms. The van der Waals surface area contributed by atoms with E-state index in [0.717, 1.165) is 83.2 Å². The van der Waals surface area contributed by atoms with Crippen LogP contribution in [0.2, 0.25) is 0 Å². The Labute approximate surface area is 313 Å². The number of anilines is 3. The van der Waals surface area contributed by atoms with Crippen LogP contribution in [-0.4, -0.2) is 0 Å². The average Bonchev–Trinajstić information content (AvgIpc) is 3.86. The molecule has 0 saturated carbocycles. The summed E-state index contributed by atoms with van der Waals surface area (Å²) in [5.74, 6) is 0. The van der Waals surface area contributed by atoms with Crippen LogP contribution in [-0.2, 0) is 5.41 Å². The molecule has 0 atom stereocenters. The van der Waals surface area contributed by atoms with Gasteiger partial charge in [-0.2, -0.15) is 0 Å². The highest BCUT2D eigenvalue weighted by molar-refractivity contribution is 6.11. The molecule has 256 valence electrons. The molecule has 11 rings (SSSR count). The SMILES string of the molecule is CC1(C)c2ccccc2-c2cc(N(c3cccc(-c4cccc5c4oc4ccccc45)c3)c3cccc(-c4cccc5c4oc4ccccc45)c3)ccc21. The van der Waals surface area contributed by atoms with Crippen LogP contribution in [0.1, 0.15) is 25.0 Å². The molecule has 0 fully saturated rings. The molecule has 2 aromatic heterocycles. The van der Waals surface area contributed by atoms with Crippen LogP contribution in [0.3, 0.4) is 0 Å². The summed E-state index contributed by atoms with van der Waals surface area (Å²) in [4.78, 5) is 2.39. The van der Waals surface area contributed by atoms with Crippen LogP contribution in [0.15, 0.2) is 185 Å². The van der Waals surface area contributed by atoms with Gasteiger partial charge in [-0.3, -0.25) is 0 Å². The number of hydrogen-bond donors (Lipinski definition) is 0. The lowest BCUT2D eigenvalue weighted by molar-refractivity contribution is 0.660. The first-order valence-corrected chi connectivity index (χ1v) is 18.6.